The molecule has 116 valence electrons. The number of nitrogens with zero attached hydrogens (tertiary/aromatic N) is 1. The Morgan fingerprint density at radius 1 is 1.00 bits per heavy atom. The van der Waals surface area contributed by atoms with Gasteiger partial charge in [-0.3, -0.25) is 4.79 Å². The van der Waals surface area contributed by atoms with Gasteiger partial charge in [0, 0.05) is 18.2 Å². The number of amides is 1. The van der Waals surface area contributed by atoms with Gasteiger partial charge in [0.15, 0.2) is 0 Å². The summed E-state index contributed by atoms with van der Waals surface area (Å²) in [6.45, 7) is 2.91. The minimum atomic E-state index is -0.0140. The molecule has 0 saturated heterocycles. The van der Waals surface area contributed by atoms with Crippen molar-refractivity contribution in [3.8, 4) is 0 Å². The van der Waals surface area contributed by atoms with Crippen LogP contribution in [0.3, 0.4) is 0 Å². The van der Waals surface area contributed by atoms with E-state index in [1.165, 1.54) is 11.1 Å². The molecule has 2 aromatic rings. The molecule has 2 aromatic carbocycles. The van der Waals surface area contributed by atoms with Crippen LogP contribution < -0.4 is 5.32 Å². The van der Waals surface area contributed by atoms with Crippen molar-refractivity contribution in [2.24, 2.45) is 0 Å². The number of nitrogens with one attached hydrogen (secondary N) is 1. The summed E-state index contributed by atoms with van der Waals surface area (Å²) < 4.78 is 0. The number of benzene rings is 2. The zero-order valence-electron chi connectivity index (χ0n) is 13.5. The molecular weight excluding hydrogens is 272 g/mol. The van der Waals surface area contributed by atoms with Gasteiger partial charge in [-0.2, -0.15) is 0 Å². The van der Waals surface area contributed by atoms with Crippen LogP contribution >= 0.6 is 0 Å². The summed E-state index contributed by atoms with van der Waals surface area (Å²) in [6, 6.07) is 18.1. The minimum Gasteiger partial charge on any atom is -0.349 e. The van der Waals surface area contributed by atoms with Crippen molar-refractivity contribution in [3.05, 3.63) is 71.3 Å². The largest absolute Gasteiger partial charge is 0.349 e. The molecule has 1 unspecified atom stereocenters. The fourth-order valence-corrected chi connectivity index (χ4v) is 2.45. The van der Waals surface area contributed by atoms with Crippen LogP contribution in [0.15, 0.2) is 54.6 Å². The Morgan fingerprint density at radius 3 is 2.23 bits per heavy atom. The second-order valence-corrected chi connectivity index (χ2v) is 6.00. The fourth-order valence-electron chi connectivity index (χ4n) is 2.45. The van der Waals surface area contributed by atoms with Crippen LogP contribution in [-0.4, -0.2) is 30.9 Å². The lowest BCUT2D eigenvalue weighted by Crippen LogP contribution is -2.34. The summed E-state index contributed by atoms with van der Waals surface area (Å²) in [5, 5.41) is 3.06. The van der Waals surface area contributed by atoms with Crippen LogP contribution in [0.25, 0.3) is 0 Å². The minimum absolute atomic E-state index is 0.0140. The molecule has 3 heteroatoms. The van der Waals surface area contributed by atoms with Gasteiger partial charge in [0.2, 0.25) is 0 Å². The monoisotopic (exact) mass is 296 g/mol. The fraction of sp³-hybridized carbons (Fsp3) is 0.316. The lowest BCUT2D eigenvalue weighted by Gasteiger charge is -2.14. The summed E-state index contributed by atoms with van der Waals surface area (Å²) in [5.74, 6) is -0.0140. The summed E-state index contributed by atoms with van der Waals surface area (Å²) in [5.41, 5.74) is 3.15. The third kappa shape index (κ3) is 5.01. The molecule has 0 heterocycles. The number of carbonyl (C=O) groups excluding carboxylic acids is 1. The molecule has 22 heavy (non-hydrogen) atoms. The molecule has 1 N–H and O–H groups in total. The SMILES string of the molecule is CC(Cc1ccccc1)NC(=O)c1ccc(CN(C)C)cc1. The molecule has 3 nitrogen and oxygen atoms in total. The van der Waals surface area contributed by atoms with Crippen molar-refractivity contribution < 1.29 is 4.79 Å². The molecule has 2 rings (SSSR count). The van der Waals surface area contributed by atoms with E-state index in [0.29, 0.717) is 5.56 Å². The second kappa shape index (κ2) is 7.76. The lowest BCUT2D eigenvalue weighted by molar-refractivity contribution is 0.0940. The lowest BCUT2D eigenvalue weighted by atomic mass is 10.1. The van der Waals surface area contributed by atoms with Gasteiger partial charge in [0.1, 0.15) is 0 Å². The Kier molecular flexibility index (Phi) is 5.73. The summed E-state index contributed by atoms with van der Waals surface area (Å²) in [4.78, 5) is 14.4. The molecule has 0 radical (unpaired) electrons. The maximum Gasteiger partial charge on any atom is 0.251 e. The highest BCUT2D eigenvalue weighted by Gasteiger charge is 2.10. The molecule has 0 aliphatic rings. The smallest absolute Gasteiger partial charge is 0.251 e. The van der Waals surface area contributed by atoms with Crippen LogP contribution in [0.2, 0.25) is 0 Å². The van der Waals surface area contributed by atoms with Crippen LogP contribution in [0.4, 0.5) is 0 Å². The van der Waals surface area contributed by atoms with Crippen molar-refractivity contribution >= 4 is 5.91 Å². The Hall–Kier alpha value is -2.13. The maximum absolute atomic E-state index is 12.3. The molecule has 0 aliphatic heterocycles. The highest BCUT2D eigenvalue weighted by atomic mass is 16.1. The topological polar surface area (TPSA) is 32.3 Å². The summed E-state index contributed by atoms with van der Waals surface area (Å²) in [6.07, 6.45) is 0.839. The zero-order valence-corrected chi connectivity index (χ0v) is 13.5. The van der Waals surface area contributed by atoms with Gasteiger partial charge in [-0.15, -0.1) is 0 Å². The van der Waals surface area contributed by atoms with Gasteiger partial charge in [0.05, 0.1) is 0 Å². The first-order chi connectivity index (χ1) is 10.5. The number of hydrogen-bond donors (Lipinski definition) is 1. The summed E-state index contributed by atoms with van der Waals surface area (Å²) >= 11 is 0. The van der Waals surface area contributed by atoms with Gasteiger partial charge >= 0.3 is 0 Å². The molecule has 0 aromatic heterocycles. The average Bonchev–Trinajstić information content (AvgIpc) is 2.48. The van der Waals surface area contributed by atoms with E-state index < -0.39 is 0 Å². The van der Waals surface area contributed by atoms with Gasteiger partial charge in [0.25, 0.3) is 5.91 Å². The third-order valence-corrected chi connectivity index (χ3v) is 3.48. The average molecular weight is 296 g/mol. The second-order valence-electron chi connectivity index (χ2n) is 6.00. The van der Waals surface area contributed by atoms with Crippen molar-refractivity contribution in [2.45, 2.75) is 25.9 Å². The quantitative estimate of drug-likeness (QED) is 0.888. The molecule has 0 aliphatic carbocycles. The predicted octanol–water partition coefficient (Wildman–Crippen LogP) is 3.11. The number of carbonyl (C=O) groups is 1. The molecule has 0 spiro atoms. The highest BCUT2D eigenvalue weighted by molar-refractivity contribution is 5.94. The Balaban J connectivity index is 1.91. The van der Waals surface area contributed by atoms with Crippen molar-refractivity contribution in [2.75, 3.05) is 14.1 Å². The van der Waals surface area contributed by atoms with Crippen molar-refractivity contribution in [3.63, 3.8) is 0 Å². The maximum atomic E-state index is 12.3. The van der Waals surface area contributed by atoms with E-state index in [2.05, 4.69) is 22.3 Å². The standard InChI is InChI=1S/C19H24N2O/c1-15(13-16-7-5-4-6-8-16)20-19(22)18-11-9-17(10-12-18)14-21(2)3/h4-12,15H,13-14H2,1-3H3,(H,20,22). The molecular formula is C19H24N2O. The third-order valence-electron chi connectivity index (χ3n) is 3.48. The normalized spacial score (nSPS) is 12.2. The van der Waals surface area contributed by atoms with E-state index in [-0.39, 0.29) is 11.9 Å². The highest BCUT2D eigenvalue weighted by Crippen LogP contribution is 2.08. The molecule has 1 amide bonds. The van der Waals surface area contributed by atoms with Gasteiger partial charge in [-0.05, 0) is 50.7 Å². The molecule has 1 atom stereocenters. The van der Waals surface area contributed by atoms with Crippen LogP contribution in [0.5, 0.6) is 0 Å². The van der Waals surface area contributed by atoms with E-state index in [1.54, 1.807) is 0 Å². The van der Waals surface area contributed by atoms with E-state index in [9.17, 15) is 4.79 Å². The number of rotatable bonds is 6. The van der Waals surface area contributed by atoms with E-state index in [1.807, 2.05) is 63.5 Å². The van der Waals surface area contributed by atoms with E-state index in [4.69, 9.17) is 0 Å². The van der Waals surface area contributed by atoms with Crippen LogP contribution in [0.1, 0.15) is 28.4 Å². The molecule has 0 bridgehead atoms. The molecule has 0 saturated carbocycles. The van der Waals surface area contributed by atoms with Crippen molar-refractivity contribution in [1.82, 2.24) is 10.2 Å². The van der Waals surface area contributed by atoms with Gasteiger partial charge in [-0.1, -0.05) is 42.5 Å². The first-order valence-electron chi connectivity index (χ1n) is 7.63. The zero-order chi connectivity index (χ0) is 15.9. The molecule has 0 fully saturated rings. The first-order valence-corrected chi connectivity index (χ1v) is 7.63. The number of hydrogen-bond acceptors (Lipinski definition) is 2. The summed E-state index contributed by atoms with van der Waals surface area (Å²) in [7, 11) is 4.07. The van der Waals surface area contributed by atoms with Gasteiger partial charge in [-0.25, -0.2) is 0 Å². The van der Waals surface area contributed by atoms with E-state index in [0.717, 1.165) is 13.0 Å². The predicted molar refractivity (Wildman–Crippen MR) is 90.9 cm³/mol. The Morgan fingerprint density at radius 2 is 1.64 bits per heavy atom. The first kappa shape index (κ1) is 16.2. The van der Waals surface area contributed by atoms with Crippen molar-refractivity contribution in [1.29, 1.82) is 0 Å². The van der Waals surface area contributed by atoms with E-state index >= 15 is 0 Å². The van der Waals surface area contributed by atoms with Crippen LogP contribution in [0, 0.1) is 0 Å². The Labute approximate surface area is 133 Å². The van der Waals surface area contributed by atoms with Gasteiger partial charge < -0.3 is 10.2 Å². The Bertz CT molecular complexity index is 591. The van der Waals surface area contributed by atoms with Crippen LogP contribution in [-0.2, 0) is 13.0 Å².